The molecule has 0 aliphatic rings. The summed E-state index contributed by atoms with van der Waals surface area (Å²) in [4.78, 5) is 0. The number of hydrogen-bond acceptors (Lipinski definition) is 7. The highest BCUT2D eigenvalue weighted by atomic mass is 28.4. The zero-order chi connectivity index (χ0) is 20.8. The monoisotopic (exact) mass is 424 g/mol. The van der Waals surface area contributed by atoms with E-state index in [0.717, 1.165) is 13.0 Å². The molecular weight excluding hydrogens is 380 g/mol. The number of ether oxygens (including phenoxy) is 6. The molecule has 0 aromatic heterocycles. The summed E-state index contributed by atoms with van der Waals surface area (Å²) < 4.78 is 38.4. The van der Waals surface area contributed by atoms with E-state index in [1.165, 1.54) is 12.8 Å². The minimum atomic E-state index is -1.42. The van der Waals surface area contributed by atoms with Crippen LogP contribution in [0.3, 0.4) is 0 Å². The van der Waals surface area contributed by atoms with Crippen molar-refractivity contribution in [1.29, 1.82) is 0 Å². The van der Waals surface area contributed by atoms with E-state index in [0.29, 0.717) is 79.3 Å². The molecule has 0 unspecified atom stereocenters. The molecule has 0 aliphatic carbocycles. The third kappa shape index (κ3) is 25.9. The molecule has 0 N–H and O–H groups in total. The molecule has 0 aromatic carbocycles. The van der Waals surface area contributed by atoms with Gasteiger partial charge in [-0.2, -0.15) is 0 Å². The maximum absolute atomic E-state index is 5.70. The molecule has 0 heterocycles. The second-order valence-electron chi connectivity index (χ2n) is 7.34. The van der Waals surface area contributed by atoms with Crippen LogP contribution in [0.25, 0.3) is 0 Å². The molecule has 0 atom stereocenters. The van der Waals surface area contributed by atoms with Crippen molar-refractivity contribution in [2.75, 3.05) is 85.9 Å². The van der Waals surface area contributed by atoms with Gasteiger partial charge in [0.15, 0.2) is 8.32 Å². The third-order valence-electron chi connectivity index (χ3n) is 3.52. The Morgan fingerprint density at radius 3 is 1.07 bits per heavy atom. The van der Waals surface area contributed by atoms with E-state index in [-0.39, 0.29) is 0 Å². The molecule has 28 heavy (non-hydrogen) atoms. The molecule has 0 radical (unpaired) electrons. The van der Waals surface area contributed by atoms with Gasteiger partial charge in [0.25, 0.3) is 0 Å². The van der Waals surface area contributed by atoms with Gasteiger partial charge in [0.05, 0.1) is 79.3 Å². The lowest BCUT2D eigenvalue weighted by molar-refractivity contribution is -0.0180. The molecule has 0 rings (SSSR count). The minimum Gasteiger partial charge on any atom is -0.415 e. The Labute approximate surface area is 173 Å². The van der Waals surface area contributed by atoms with E-state index in [4.69, 9.17) is 32.8 Å². The summed E-state index contributed by atoms with van der Waals surface area (Å²) in [5, 5.41) is 0. The fourth-order valence-corrected chi connectivity index (χ4v) is 2.76. The first kappa shape index (κ1) is 27.9. The van der Waals surface area contributed by atoms with Crippen molar-refractivity contribution in [3.05, 3.63) is 0 Å². The van der Waals surface area contributed by atoms with Gasteiger partial charge in [-0.1, -0.05) is 19.8 Å². The van der Waals surface area contributed by atoms with Crippen molar-refractivity contribution in [2.24, 2.45) is 0 Å². The average molecular weight is 425 g/mol. The average Bonchev–Trinajstić information content (AvgIpc) is 2.65. The molecule has 170 valence electrons. The molecule has 0 saturated heterocycles. The van der Waals surface area contributed by atoms with Gasteiger partial charge in [0.2, 0.25) is 0 Å². The van der Waals surface area contributed by atoms with Crippen molar-refractivity contribution >= 4 is 8.32 Å². The van der Waals surface area contributed by atoms with Crippen LogP contribution in [-0.2, 0) is 32.8 Å². The van der Waals surface area contributed by atoms with Crippen LogP contribution in [0.15, 0.2) is 0 Å². The first-order chi connectivity index (χ1) is 13.6. The van der Waals surface area contributed by atoms with E-state index in [2.05, 4.69) is 26.6 Å². The second kappa shape index (κ2) is 21.6. The summed E-state index contributed by atoms with van der Waals surface area (Å²) in [6.45, 7) is 16.7. The van der Waals surface area contributed by atoms with E-state index in [9.17, 15) is 0 Å². The summed E-state index contributed by atoms with van der Waals surface area (Å²) in [5.74, 6) is 0. The van der Waals surface area contributed by atoms with Crippen molar-refractivity contribution in [1.82, 2.24) is 0 Å². The van der Waals surface area contributed by atoms with Crippen LogP contribution in [0.1, 0.15) is 26.2 Å². The van der Waals surface area contributed by atoms with Crippen molar-refractivity contribution in [2.45, 2.75) is 45.8 Å². The first-order valence-electron chi connectivity index (χ1n) is 10.7. The minimum absolute atomic E-state index is 0.563. The summed E-state index contributed by atoms with van der Waals surface area (Å²) in [6, 6.07) is 0. The van der Waals surface area contributed by atoms with Gasteiger partial charge in [-0.25, -0.2) is 0 Å². The van der Waals surface area contributed by atoms with Crippen LogP contribution in [0.4, 0.5) is 0 Å². The van der Waals surface area contributed by atoms with Crippen LogP contribution in [-0.4, -0.2) is 94.2 Å². The fraction of sp³-hybridized carbons (Fsp3) is 1.00. The van der Waals surface area contributed by atoms with Crippen molar-refractivity contribution in [3.63, 3.8) is 0 Å². The van der Waals surface area contributed by atoms with Crippen LogP contribution in [0, 0.1) is 0 Å². The van der Waals surface area contributed by atoms with Gasteiger partial charge in [0, 0.05) is 6.61 Å². The predicted molar refractivity (Wildman–Crippen MR) is 114 cm³/mol. The molecule has 0 spiro atoms. The molecule has 0 aliphatic heterocycles. The maximum atomic E-state index is 5.70. The summed E-state index contributed by atoms with van der Waals surface area (Å²) in [7, 11) is -1.42. The molecule has 0 amide bonds. The van der Waals surface area contributed by atoms with Crippen molar-refractivity contribution in [3.8, 4) is 0 Å². The zero-order valence-corrected chi connectivity index (χ0v) is 19.7. The van der Waals surface area contributed by atoms with E-state index in [1.54, 1.807) is 0 Å². The molecule has 0 fully saturated rings. The largest absolute Gasteiger partial charge is 0.415 e. The lowest BCUT2D eigenvalue weighted by Crippen LogP contribution is -2.27. The molecule has 0 aromatic rings. The molecular formula is C20H44O7Si. The highest BCUT2D eigenvalue weighted by Crippen LogP contribution is 2.01. The molecule has 0 bridgehead atoms. The smallest absolute Gasteiger partial charge is 0.183 e. The van der Waals surface area contributed by atoms with Gasteiger partial charge in [0.1, 0.15) is 0 Å². The Morgan fingerprint density at radius 2 is 0.750 bits per heavy atom. The number of unbranched alkanes of at least 4 members (excludes halogenated alkanes) is 2. The van der Waals surface area contributed by atoms with Crippen molar-refractivity contribution < 1.29 is 32.8 Å². The van der Waals surface area contributed by atoms with E-state index < -0.39 is 8.32 Å². The van der Waals surface area contributed by atoms with Gasteiger partial charge in [-0.15, -0.1) is 0 Å². The standard InChI is InChI=1S/C20H44O7Si/c1-5-6-7-8-21-9-10-22-11-12-23-13-14-24-15-16-25-17-18-26-19-20-27-28(2,3)4/h5-20H2,1-4H3. The Hall–Kier alpha value is -0.0631. The van der Waals surface area contributed by atoms with Gasteiger partial charge < -0.3 is 32.8 Å². The number of hydrogen-bond donors (Lipinski definition) is 0. The van der Waals surface area contributed by atoms with Crippen LogP contribution in [0.2, 0.25) is 19.6 Å². The van der Waals surface area contributed by atoms with Crippen LogP contribution >= 0.6 is 0 Å². The lowest BCUT2D eigenvalue weighted by Gasteiger charge is -2.16. The Morgan fingerprint density at radius 1 is 0.429 bits per heavy atom. The Kier molecular flexibility index (Phi) is 21.6. The summed E-state index contributed by atoms with van der Waals surface area (Å²) >= 11 is 0. The summed E-state index contributed by atoms with van der Waals surface area (Å²) in [5.41, 5.74) is 0. The zero-order valence-electron chi connectivity index (χ0n) is 18.7. The quantitative estimate of drug-likeness (QED) is 0.184. The maximum Gasteiger partial charge on any atom is 0.183 e. The third-order valence-corrected chi connectivity index (χ3v) is 4.59. The SMILES string of the molecule is CCCCCOCCOCCOCCOCCOCCOCCO[Si](C)(C)C. The van der Waals surface area contributed by atoms with E-state index in [1.807, 2.05) is 0 Å². The van der Waals surface area contributed by atoms with Gasteiger partial charge in [-0.3, -0.25) is 0 Å². The normalized spacial score (nSPS) is 12.0. The van der Waals surface area contributed by atoms with Gasteiger partial charge >= 0.3 is 0 Å². The van der Waals surface area contributed by atoms with Gasteiger partial charge in [-0.05, 0) is 26.1 Å². The Bertz CT molecular complexity index is 301. The fourth-order valence-electron chi connectivity index (χ4n) is 2.06. The van der Waals surface area contributed by atoms with Crippen LogP contribution < -0.4 is 0 Å². The first-order valence-corrected chi connectivity index (χ1v) is 14.1. The molecule has 0 saturated carbocycles. The Balaban J connectivity index is 3.01. The summed E-state index contributed by atoms with van der Waals surface area (Å²) in [6.07, 6.45) is 3.58. The topological polar surface area (TPSA) is 64.6 Å². The number of rotatable bonds is 23. The molecule has 8 heteroatoms. The second-order valence-corrected chi connectivity index (χ2v) is 11.9. The predicted octanol–water partition coefficient (Wildman–Crippen LogP) is 3.13. The van der Waals surface area contributed by atoms with Crippen LogP contribution in [0.5, 0.6) is 0 Å². The highest BCUT2D eigenvalue weighted by molar-refractivity contribution is 6.69. The highest BCUT2D eigenvalue weighted by Gasteiger charge is 2.12. The van der Waals surface area contributed by atoms with E-state index >= 15 is 0 Å². The molecule has 7 nitrogen and oxygen atoms in total. The lowest BCUT2D eigenvalue weighted by atomic mass is 10.3.